The van der Waals surface area contributed by atoms with E-state index in [4.69, 9.17) is 4.74 Å². The van der Waals surface area contributed by atoms with Crippen LogP contribution in [0.2, 0.25) is 0 Å². The minimum Gasteiger partial charge on any atom is -0.504 e. The van der Waals surface area contributed by atoms with Gasteiger partial charge in [-0.3, -0.25) is 0 Å². The maximum Gasteiger partial charge on any atom is 0.461 e. The summed E-state index contributed by atoms with van der Waals surface area (Å²) in [5, 5.41) is 9.68. The Bertz CT molecular complexity index is 834. The van der Waals surface area contributed by atoms with Crippen molar-refractivity contribution in [3.63, 3.8) is 0 Å². The number of alkyl halides is 9. The third kappa shape index (κ3) is 4.37. The predicted molar refractivity (Wildman–Crippen MR) is 76.2 cm³/mol. The zero-order valence-corrected chi connectivity index (χ0v) is 13.3. The second-order valence-corrected chi connectivity index (χ2v) is 5.27. The highest BCUT2D eigenvalue weighted by Crippen LogP contribution is 2.46. The number of halogens is 9. The van der Waals surface area contributed by atoms with Gasteiger partial charge in [0, 0.05) is 5.56 Å². The van der Waals surface area contributed by atoms with Crippen molar-refractivity contribution >= 4 is 0 Å². The van der Waals surface area contributed by atoms with E-state index in [-0.39, 0.29) is 6.07 Å². The average Bonchev–Trinajstić information content (AvgIpc) is 2.57. The van der Waals surface area contributed by atoms with E-state index in [2.05, 4.69) is 4.74 Å². The molecular formula is C16H9F9O3. The van der Waals surface area contributed by atoms with Gasteiger partial charge in [-0.05, 0) is 24.3 Å². The molecule has 12 heteroatoms. The fraction of sp³-hybridized carbons (Fsp3) is 0.250. The van der Waals surface area contributed by atoms with E-state index in [0.717, 1.165) is 24.3 Å². The number of para-hydroxylation sites is 1. The topological polar surface area (TPSA) is 38.7 Å². The first kappa shape index (κ1) is 21.5. The van der Waals surface area contributed by atoms with Crippen LogP contribution in [-0.4, -0.2) is 23.8 Å². The Kier molecular flexibility index (Phi) is 5.62. The number of phenols is 1. The van der Waals surface area contributed by atoms with E-state index in [9.17, 15) is 44.6 Å². The molecule has 0 heterocycles. The minimum absolute atomic E-state index is 0.245. The Balaban J connectivity index is 2.41. The van der Waals surface area contributed by atoms with Crippen molar-refractivity contribution < 1.29 is 54.1 Å². The molecule has 28 heavy (non-hydrogen) atoms. The molecule has 1 N–H and O–H groups in total. The molecule has 2 aromatic rings. The molecule has 0 radical (unpaired) electrons. The summed E-state index contributed by atoms with van der Waals surface area (Å²) in [5.74, 6) is -9.00. The van der Waals surface area contributed by atoms with Crippen LogP contribution in [0, 0.1) is 0 Å². The highest BCUT2D eigenvalue weighted by Gasteiger charge is 2.58. The molecule has 3 nitrogen and oxygen atoms in total. The number of aromatic hydroxyl groups is 1. The zero-order chi connectivity index (χ0) is 21.3. The number of rotatable bonds is 6. The molecule has 0 aliphatic carbocycles. The van der Waals surface area contributed by atoms with Crippen LogP contribution in [-0.2, 0) is 5.92 Å². The van der Waals surface area contributed by atoms with Gasteiger partial charge >= 0.3 is 24.6 Å². The quantitative estimate of drug-likeness (QED) is 0.576. The molecule has 0 unspecified atom stereocenters. The lowest BCUT2D eigenvalue weighted by Gasteiger charge is -2.21. The van der Waals surface area contributed by atoms with Crippen LogP contribution in [0.3, 0.4) is 0 Å². The van der Waals surface area contributed by atoms with E-state index in [1.165, 1.54) is 0 Å². The van der Waals surface area contributed by atoms with Gasteiger partial charge in [0.15, 0.2) is 11.5 Å². The monoisotopic (exact) mass is 420 g/mol. The fourth-order valence-corrected chi connectivity index (χ4v) is 1.91. The second-order valence-electron chi connectivity index (χ2n) is 5.27. The summed E-state index contributed by atoms with van der Waals surface area (Å²) < 4.78 is 124. The smallest absolute Gasteiger partial charge is 0.461 e. The van der Waals surface area contributed by atoms with Gasteiger partial charge in [0.25, 0.3) is 0 Å². The van der Waals surface area contributed by atoms with E-state index in [1.807, 2.05) is 0 Å². The fourth-order valence-electron chi connectivity index (χ4n) is 1.91. The molecule has 0 aliphatic rings. The molecule has 0 bridgehead atoms. The van der Waals surface area contributed by atoms with Crippen molar-refractivity contribution in [1.29, 1.82) is 0 Å². The third-order valence-corrected chi connectivity index (χ3v) is 3.23. The Morgan fingerprint density at radius 1 is 0.857 bits per heavy atom. The van der Waals surface area contributed by atoms with Crippen molar-refractivity contribution in [2.45, 2.75) is 24.6 Å². The minimum atomic E-state index is -5.92. The van der Waals surface area contributed by atoms with E-state index in [1.54, 1.807) is 0 Å². The van der Waals surface area contributed by atoms with Crippen molar-refractivity contribution in [3.05, 3.63) is 48.0 Å². The van der Waals surface area contributed by atoms with Crippen LogP contribution in [0.4, 0.5) is 39.5 Å². The van der Waals surface area contributed by atoms with Crippen LogP contribution in [0.5, 0.6) is 23.0 Å². The molecule has 0 fully saturated rings. The summed E-state index contributed by atoms with van der Waals surface area (Å²) in [6.07, 6.45) is -15.2. The van der Waals surface area contributed by atoms with Gasteiger partial charge in [-0.25, -0.2) is 0 Å². The number of benzene rings is 2. The van der Waals surface area contributed by atoms with Crippen molar-refractivity contribution in [2.75, 3.05) is 0 Å². The first-order valence-electron chi connectivity index (χ1n) is 7.15. The van der Waals surface area contributed by atoms with E-state index >= 15 is 0 Å². The summed E-state index contributed by atoms with van der Waals surface area (Å²) in [7, 11) is 0. The molecule has 0 spiro atoms. The van der Waals surface area contributed by atoms with Crippen LogP contribution in [0.25, 0.3) is 0 Å². The van der Waals surface area contributed by atoms with Crippen molar-refractivity contribution in [1.82, 2.24) is 0 Å². The molecule has 154 valence electrons. The lowest BCUT2D eigenvalue weighted by atomic mass is 10.1. The van der Waals surface area contributed by atoms with Crippen LogP contribution in [0.15, 0.2) is 42.5 Å². The normalized spacial score (nSPS) is 12.9. The Hall–Kier alpha value is -2.79. The molecule has 0 saturated carbocycles. The van der Waals surface area contributed by atoms with Gasteiger partial charge in [-0.1, -0.05) is 18.2 Å². The molecule has 0 atom stereocenters. The summed E-state index contributed by atoms with van der Waals surface area (Å²) in [6, 6.07) is 4.78. The van der Waals surface area contributed by atoms with Crippen molar-refractivity contribution in [2.24, 2.45) is 0 Å². The summed E-state index contributed by atoms with van der Waals surface area (Å²) in [5.41, 5.74) is -1.53. The van der Waals surface area contributed by atoms with Gasteiger partial charge in [0.2, 0.25) is 5.75 Å². The Morgan fingerprint density at radius 2 is 1.46 bits per heavy atom. The van der Waals surface area contributed by atoms with Crippen molar-refractivity contribution in [3.8, 4) is 23.0 Å². The number of hydrogen-bond donors (Lipinski definition) is 1. The zero-order valence-electron chi connectivity index (χ0n) is 13.3. The Morgan fingerprint density at radius 3 is 2.04 bits per heavy atom. The summed E-state index contributed by atoms with van der Waals surface area (Å²) in [6.45, 7) is 0. The van der Waals surface area contributed by atoms with Crippen LogP contribution >= 0.6 is 0 Å². The highest BCUT2D eigenvalue weighted by atomic mass is 19.4. The number of phenolic OH excluding ortho intramolecular Hbond substituents is 1. The van der Waals surface area contributed by atoms with Crippen LogP contribution in [0.1, 0.15) is 5.56 Å². The number of hydrogen-bond acceptors (Lipinski definition) is 3. The highest BCUT2D eigenvalue weighted by molar-refractivity contribution is 5.52. The van der Waals surface area contributed by atoms with Gasteiger partial charge in [0.1, 0.15) is 5.75 Å². The molecule has 2 aromatic carbocycles. The maximum atomic E-state index is 13.4. The largest absolute Gasteiger partial charge is 0.504 e. The molecule has 2 rings (SSSR count). The molecular weight excluding hydrogens is 411 g/mol. The standard InChI is InChI=1S/C16H9F9O3/c17-13(18)15(21,22)28-11-6-2-5-10(26)12(11)27-9-4-1-3-8(7-9)14(19,20)16(23,24)25/h1-7,13,26H. The molecule has 0 aromatic heterocycles. The van der Waals surface area contributed by atoms with Gasteiger partial charge in [-0.2, -0.15) is 39.5 Å². The summed E-state index contributed by atoms with van der Waals surface area (Å²) in [4.78, 5) is 0. The van der Waals surface area contributed by atoms with E-state index in [0.29, 0.717) is 12.1 Å². The maximum absolute atomic E-state index is 13.4. The second kappa shape index (κ2) is 7.32. The van der Waals surface area contributed by atoms with Gasteiger partial charge in [0.05, 0.1) is 0 Å². The lowest BCUT2D eigenvalue weighted by Crippen LogP contribution is -2.33. The first-order chi connectivity index (χ1) is 12.8. The lowest BCUT2D eigenvalue weighted by molar-refractivity contribution is -0.289. The van der Waals surface area contributed by atoms with Gasteiger partial charge < -0.3 is 14.6 Å². The summed E-state index contributed by atoms with van der Waals surface area (Å²) >= 11 is 0. The molecule has 0 saturated heterocycles. The first-order valence-corrected chi connectivity index (χ1v) is 7.15. The molecule has 0 aliphatic heterocycles. The SMILES string of the molecule is Oc1cccc(OC(F)(F)C(F)F)c1Oc1cccc(C(F)(F)C(F)(F)F)c1. The average molecular weight is 420 g/mol. The Labute approximate surface area is 150 Å². The molecule has 0 amide bonds. The van der Waals surface area contributed by atoms with Gasteiger partial charge in [-0.15, -0.1) is 0 Å². The van der Waals surface area contributed by atoms with E-state index < -0.39 is 53.2 Å². The predicted octanol–water partition coefficient (Wildman–Crippen LogP) is 6.08. The number of ether oxygens (including phenoxy) is 2. The van der Waals surface area contributed by atoms with Crippen LogP contribution < -0.4 is 9.47 Å². The third-order valence-electron chi connectivity index (χ3n) is 3.23.